The van der Waals surface area contributed by atoms with Gasteiger partial charge in [0.15, 0.2) is 11.5 Å². The van der Waals surface area contributed by atoms with Gasteiger partial charge in [-0.15, -0.1) is 0 Å². The number of ether oxygens (including phenoxy) is 3. The Bertz CT molecular complexity index is 1100. The third-order valence-electron chi connectivity index (χ3n) is 4.45. The summed E-state index contributed by atoms with van der Waals surface area (Å²) in [6, 6.07) is 15.4. The molecule has 3 aromatic rings. The van der Waals surface area contributed by atoms with Gasteiger partial charge in [-0.1, -0.05) is 18.2 Å². The van der Waals surface area contributed by atoms with Crippen LogP contribution in [-0.2, 0) is 4.79 Å². The molecule has 0 aliphatic heterocycles. The minimum atomic E-state index is -0.406. The van der Waals surface area contributed by atoms with E-state index in [1.54, 1.807) is 66.9 Å². The van der Waals surface area contributed by atoms with Gasteiger partial charge >= 0.3 is 0 Å². The normalized spacial score (nSPS) is 10.5. The van der Waals surface area contributed by atoms with E-state index >= 15 is 0 Å². The van der Waals surface area contributed by atoms with Gasteiger partial charge in [0.05, 0.1) is 32.6 Å². The van der Waals surface area contributed by atoms with Gasteiger partial charge in [-0.25, -0.2) is 4.98 Å². The van der Waals surface area contributed by atoms with E-state index in [0.717, 1.165) is 0 Å². The Morgan fingerprint density at radius 3 is 2.19 bits per heavy atom. The van der Waals surface area contributed by atoms with E-state index in [4.69, 9.17) is 14.2 Å². The quantitative estimate of drug-likeness (QED) is 0.521. The van der Waals surface area contributed by atoms with Crippen LogP contribution < -0.4 is 24.8 Å². The number of rotatable bonds is 8. The zero-order valence-corrected chi connectivity index (χ0v) is 17.9. The molecule has 0 radical (unpaired) electrons. The Morgan fingerprint density at radius 1 is 0.875 bits per heavy atom. The van der Waals surface area contributed by atoms with Gasteiger partial charge in [-0.3, -0.25) is 9.59 Å². The van der Waals surface area contributed by atoms with Crippen molar-refractivity contribution in [1.29, 1.82) is 0 Å². The van der Waals surface area contributed by atoms with Gasteiger partial charge < -0.3 is 24.8 Å². The largest absolute Gasteiger partial charge is 0.493 e. The molecule has 32 heavy (non-hydrogen) atoms. The molecule has 0 aliphatic carbocycles. The molecule has 0 spiro atoms. The number of aromatic nitrogens is 1. The molecule has 1 aromatic heterocycles. The molecule has 0 bridgehead atoms. The van der Waals surface area contributed by atoms with Crippen LogP contribution in [0.15, 0.2) is 66.9 Å². The highest BCUT2D eigenvalue weighted by atomic mass is 16.5. The smallest absolute Gasteiger partial charge is 0.258 e. The number of hydrogen-bond donors (Lipinski definition) is 2. The molecule has 0 atom stereocenters. The third-order valence-corrected chi connectivity index (χ3v) is 4.45. The molecular weight excluding hydrogens is 410 g/mol. The summed E-state index contributed by atoms with van der Waals surface area (Å²) in [5, 5.41) is 5.44. The maximum absolute atomic E-state index is 12.6. The monoisotopic (exact) mass is 433 g/mol. The number of pyridine rings is 1. The van der Waals surface area contributed by atoms with Crippen molar-refractivity contribution < 1.29 is 23.8 Å². The summed E-state index contributed by atoms with van der Waals surface area (Å²) in [7, 11) is 4.56. The standard InChI is InChI=1S/C24H23N3O5/c1-30-19-14-16(15-20(31-2)23(19)32-3)11-12-22(28)26-18-9-5-4-8-17(18)24(29)27-21-10-6-7-13-25-21/h4-15H,1-3H3,(H,26,28)(H,25,27,29)/b12-11+. The Kier molecular flexibility index (Phi) is 7.42. The average molecular weight is 433 g/mol. The number of carbonyl (C=O) groups excluding carboxylic acids is 2. The van der Waals surface area contributed by atoms with Crippen LogP contribution in [0.4, 0.5) is 11.5 Å². The van der Waals surface area contributed by atoms with Gasteiger partial charge in [0.25, 0.3) is 5.91 Å². The summed E-state index contributed by atoms with van der Waals surface area (Å²) in [5.74, 6) is 1.04. The first-order valence-corrected chi connectivity index (χ1v) is 9.66. The summed E-state index contributed by atoms with van der Waals surface area (Å²) < 4.78 is 15.9. The summed E-state index contributed by atoms with van der Waals surface area (Å²) >= 11 is 0. The lowest BCUT2D eigenvalue weighted by atomic mass is 10.1. The Labute approximate surface area is 185 Å². The number of amides is 2. The highest BCUT2D eigenvalue weighted by molar-refractivity contribution is 6.11. The van der Waals surface area contributed by atoms with Crippen LogP contribution in [0.3, 0.4) is 0 Å². The van der Waals surface area contributed by atoms with Crippen molar-refractivity contribution in [3.05, 3.63) is 78.0 Å². The molecule has 1 heterocycles. The molecule has 2 N–H and O–H groups in total. The molecule has 0 saturated carbocycles. The number of methoxy groups -OCH3 is 3. The van der Waals surface area contributed by atoms with Crippen molar-refractivity contribution in [1.82, 2.24) is 4.98 Å². The lowest BCUT2D eigenvalue weighted by Crippen LogP contribution is -2.17. The maximum atomic E-state index is 12.6. The van der Waals surface area contributed by atoms with E-state index < -0.39 is 5.91 Å². The fourth-order valence-electron chi connectivity index (χ4n) is 2.95. The number of carbonyl (C=O) groups is 2. The van der Waals surface area contributed by atoms with Gasteiger partial charge in [0, 0.05) is 12.3 Å². The van der Waals surface area contributed by atoms with Crippen molar-refractivity contribution in [3.8, 4) is 17.2 Å². The van der Waals surface area contributed by atoms with Crippen molar-refractivity contribution in [3.63, 3.8) is 0 Å². The second-order valence-electron chi connectivity index (χ2n) is 6.50. The van der Waals surface area contributed by atoms with Crippen molar-refractivity contribution in [2.24, 2.45) is 0 Å². The van der Waals surface area contributed by atoms with Crippen LogP contribution in [0.5, 0.6) is 17.2 Å². The number of para-hydroxylation sites is 1. The van der Waals surface area contributed by atoms with Gasteiger partial charge in [-0.05, 0) is 48.0 Å². The average Bonchev–Trinajstić information content (AvgIpc) is 2.82. The van der Waals surface area contributed by atoms with E-state index in [1.165, 1.54) is 27.4 Å². The summed E-state index contributed by atoms with van der Waals surface area (Å²) in [5.41, 5.74) is 1.36. The zero-order chi connectivity index (χ0) is 22.9. The first kappa shape index (κ1) is 22.4. The summed E-state index contributed by atoms with van der Waals surface area (Å²) in [4.78, 5) is 29.2. The summed E-state index contributed by atoms with van der Waals surface area (Å²) in [6.07, 6.45) is 4.54. The topological polar surface area (TPSA) is 98.8 Å². The van der Waals surface area contributed by atoms with Crippen LogP contribution in [-0.4, -0.2) is 38.1 Å². The van der Waals surface area contributed by atoms with Crippen molar-refractivity contribution in [2.45, 2.75) is 0 Å². The fraction of sp³-hybridized carbons (Fsp3) is 0.125. The Hall–Kier alpha value is -4.33. The number of nitrogens with zero attached hydrogens (tertiary/aromatic N) is 1. The SMILES string of the molecule is COc1cc(/C=C/C(=O)Nc2ccccc2C(=O)Nc2ccccn2)cc(OC)c1OC. The van der Waals surface area contributed by atoms with Crippen LogP contribution in [0.2, 0.25) is 0 Å². The van der Waals surface area contributed by atoms with Gasteiger partial charge in [0.1, 0.15) is 5.82 Å². The van der Waals surface area contributed by atoms with Crippen molar-refractivity contribution >= 4 is 29.4 Å². The predicted octanol–water partition coefficient (Wildman–Crippen LogP) is 4.01. The molecule has 3 rings (SSSR count). The van der Waals surface area contributed by atoms with E-state index in [2.05, 4.69) is 15.6 Å². The minimum absolute atomic E-state index is 0.313. The van der Waals surface area contributed by atoms with Crippen LogP contribution >= 0.6 is 0 Å². The second kappa shape index (κ2) is 10.6. The molecule has 0 saturated heterocycles. The third kappa shape index (κ3) is 5.42. The first-order chi connectivity index (χ1) is 15.5. The lowest BCUT2D eigenvalue weighted by Gasteiger charge is -2.13. The Balaban J connectivity index is 1.76. The van der Waals surface area contributed by atoms with E-state index in [-0.39, 0.29) is 5.91 Å². The summed E-state index contributed by atoms with van der Waals surface area (Å²) in [6.45, 7) is 0. The zero-order valence-electron chi connectivity index (χ0n) is 17.9. The fourth-order valence-corrected chi connectivity index (χ4v) is 2.95. The number of hydrogen-bond acceptors (Lipinski definition) is 6. The van der Waals surface area contributed by atoms with Crippen molar-refractivity contribution in [2.75, 3.05) is 32.0 Å². The Morgan fingerprint density at radius 2 is 1.56 bits per heavy atom. The molecule has 2 amide bonds. The predicted molar refractivity (Wildman–Crippen MR) is 122 cm³/mol. The molecule has 0 fully saturated rings. The molecule has 8 heteroatoms. The molecular formula is C24H23N3O5. The van der Waals surface area contributed by atoms with Crippen LogP contribution in [0, 0.1) is 0 Å². The van der Waals surface area contributed by atoms with E-state index in [1.807, 2.05) is 0 Å². The lowest BCUT2D eigenvalue weighted by molar-refractivity contribution is -0.111. The second-order valence-corrected chi connectivity index (χ2v) is 6.50. The van der Waals surface area contributed by atoms with Crippen LogP contribution in [0.25, 0.3) is 6.08 Å². The highest BCUT2D eigenvalue weighted by Gasteiger charge is 2.14. The first-order valence-electron chi connectivity index (χ1n) is 9.66. The number of benzene rings is 2. The molecule has 8 nitrogen and oxygen atoms in total. The highest BCUT2D eigenvalue weighted by Crippen LogP contribution is 2.38. The minimum Gasteiger partial charge on any atom is -0.493 e. The van der Waals surface area contributed by atoms with E-state index in [9.17, 15) is 9.59 Å². The molecule has 0 unspecified atom stereocenters. The molecule has 2 aromatic carbocycles. The molecule has 164 valence electrons. The number of nitrogens with one attached hydrogen (secondary N) is 2. The van der Waals surface area contributed by atoms with Gasteiger partial charge in [-0.2, -0.15) is 0 Å². The maximum Gasteiger partial charge on any atom is 0.258 e. The molecule has 0 aliphatic rings. The van der Waals surface area contributed by atoms with Crippen LogP contribution in [0.1, 0.15) is 15.9 Å². The number of anilines is 2. The van der Waals surface area contributed by atoms with E-state index in [0.29, 0.717) is 39.9 Å². The van der Waals surface area contributed by atoms with Gasteiger partial charge in [0.2, 0.25) is 11.7 Å².